The quantitative estimate of drug-likeness (QED) is 0.760. The maximum absolute atomic E-state index is 12.4. The van der Waals surface area contributed by atoms with E-state index in [-0.39, 0.29) is 24.0 Å². The van der Waals surface area contributed by atoms with E-state index in [4.69, 9.17) is 4.74 Å². The number of methoxy groups -OCH3 is 1. The summed E-state index contributed by atoms with van der Waals surface area (Å²) in [6, 6.07) is 10.5. The molecule has 3 atom stereocenters. The highest BCUT2D eigenvalue weighted by molar-refractivity contribution is 5.89. The van der Waals surface area contributed by atoms with E-state index in [1.807, 2.05) is 6.07 Å². The van der Waals surface area contributed by atoms with Crippen LogP contribution in [0.1, 0.15) is 24.3 Å². The Morgan fingerprint density at radius 1 is 1.20 bits per heavy atom. The fourth-order valence-electron chi connectivity index (χ4n) is 4.34. The number of hydrogen-bond donors (Lipinski definition) is 3. The molecule has 0 saturated carbocycles. The standard InChI is InChI=1S/C19H26N4O2/c1-25-12-15-18(14-5-3-2-4-6-14)19-21-17(24)11-16(23(19)22-15)13-7-9-20-10-8-13/h2-6,11,13,15,18-20,22H,7-10,12H2,1H3,(H,21,24). The number of nitrogens with zero attached hydrogens (tertiary/aromatic N) is 1. The summed E-state index contributed by atoms with van der Waals surface area (Å²) in [4.78, 5) is 12.4. The van der Waals surface area contributed by atoms with Crippen molar-refractivity contribution in [1.82, 2.24) is 21.1 Å². The Balaban J connectivity index is 1.66. The molecule has 25 heavy (non-hydrogen) atoms. The highest BCUT2D eigenvalue weighted by Crippen LogP contribution is 2.38. The molecule has 3 N–H and O–H groups in total. The second kappa shape index (κ2) is 7.15. The van der Waals surface area contributed by atoms with Crippen molar-refractivity contribution in [2.24, 2.45) is 5.92 Å². The first kappa shape index (κ1) is 16.6. The molecule has 2 fully saturated rings. The molecule has 3 aliphatic rings. The van der Waals surface area contributed by atoms with Gasteiger partial charge in [0.25, 0.3) is 0 Å². The number of ether oxygens (including phenoxy) is 1. The van der Waals surface area contributed by atoms with Gasteiger partial charge in [-0.3, -0.25) is 9.80 Å². The number of hydrazine groups is 1. The number of benzene rings is 1. The summed E-state index contributed by atoms with van der Waals surface area (Å²) in [7, 11) is 1.73. The smallest absolute Gasteiger partial charge is 0.247 e. The molecule has 2 saturated heterocycles. The molecule has 1 aromatic rings. The van der Waals surface area contributed by atoms with E-state index in [9.17, 15) is 4.79 Å². The van der Waals surface area contributed by atoms with E-state index >= 15 is 0 Å². The molecule has 4 rings (SSSR count). The van der Waals surface area contributed by atoms with Gasteiger partial charge in [-0.1, -0.05) is 30.3 Å². The fourth-order valence-corrected chi connectivity index (χ4v) is 4.34. The minimum absolute atomic E-state index is 0.00980. The highest BCUT2D eigenvalue weighted by Gasteiger charge is 2.47. The molecule has 6 nitrogen and oxygen atoms in total. The molecule has 0 spiro atoms. The SMILES string of the molecule is COCC1NN2C(C3CCNCC3)=CC(=O)NC2C1c1ccccc1. The van der Waals surface area contributed by atoms with Crippen LogP contribution in [0.2, 0.25) is 0 Å². The van der Waals surface area contributed by atoms with Gasteiger partial charge in [-0.2, -0.15) is 0 Å². The first-order chi connectivity index (χ1) is 12.3. The molecule has 0 aliphatic carbocycles. The third kappa shape index (κ3) is 3.17. The molecule has 1 aromatic carbocycles. The lowest BCUT2D eigenvalue weighted by Crippen LogP contribution is -2.54. The number of allylic oxidation sites excluding steroid dienone is 1. The molecule has 3 aliphatic heterocycles. The summed E-state index contributed by atoms with van der Waals surface area (Å²) in [6.45, 7) is 2.61. The first-order valence-corrected chi connectivity index (χ1v) is 9.10. The largest absolute Gasteiger partial charge is 0.383 e. The van der Waals surface area contributed by atoms with Crippen LogP contribution in [-0.4, -0.2) is 49.9 Å². The van der Waals surface area contributed by atoms with Crippen LogP contribution < -0.4 is 16.1 Å². The van der Waals surface area contributed by atoms with Crippen LogP contribution in [0.5, 0.6) is 0 Å². The monoisotopic (exact) mass is 342 g/mol. The molecule has 3 unspecified atom stereocenters. The van der Waals surface area contributed by atoms with E-state index in [1.165, 1.54) is 5.56 Å². The van der Waals surface area contributed by atoms with E-state index in [0.717, 1.165) is 31.6 Å². The van der Waals surface area contributed by atoms with Crippen LogP contribution in [-0.2, 0) is 9.53 Å². The fraction of sp³-hybridized carbons (Fsp3) is 0.526. The number of piperidine rings is 1. The zero-order valence-corrected chi connectivity index (χ0v) is 14.6. The molecule has 6 heteroatoms. The summed E-state index contributed by atoms with van der Waals surface area (Å²) in [5.41, 5.74) is 5.95. The Hall–Kier alpha value is -1.89. The predicted octanol–water partition coefficient (Wildman–Crippen LogP) is 0.945. The van der Waals surface area contributed by atoms with Gasteiger partial charge in [-0.25, -0.2) is 5.43 Å². The normalized spacial score (nSPS) is 30.0. The molecule has 134 valence electrons. The predicted molar refractivity (Wildman–Crippen MR) is 95.4 cm³/mol. The lowest BCUT2D eigenvalue weighted by Gasteiger charge is -2.39. The Labute approximate surface area is 148 Å². The second-order valence-corrected chi connectivity index (χ2v) is 7.04. The molecule has 0 aromatic heterocycles. The van der Waals surface area contributed by atoms with Gasteiger partial charge in [0, 0.05) is 30.7 Å². The molecular formula is C19H26N4O2. The van der Waals surface area contributed by atoms with E-state index < -0.39 is 0 Å². The maximum atomic E-state index is 12.4. The van der Waals surface area contributed by atoms with Crippen molar-refractivity contribution in [2.45, 2.75) is 31.0 Å². The summed E-state index contributed by atoms with van der Waals surface area (Å²) < 4.78 is 5.46. The summed E-state index contributed by atoms with van der Waals surface area (Å²) in [5.74, 6) is 0.575. The van der Waals surface area contributed by atoms with E-state index in [1.54, 1.807) is 13.2 Å². The van der Waals surface area contributed by atoms with Crippen LogP contribution in [0.15, 0.2) is 42.1 Å². The minimum atomic E-state index is -0.0788. The van der Waals surface area contributed by atoms with Gasteiger partial charge in [0.1, 0.15) is 6.17 Å². The van der Waals surface area contributed by atoms with Gasteiger partial charge < -0.3 is 15.4 Å². The zero-order valence-electron chi connectivity index (χ0n) is 14.6. The lowest BCUT2D eigenvalue weighted by molar-refractivity contribution is -0.119. The average Bonchev–Trinajstić information content (AvgIpc) is 3.00. The summed E-state index contributed by atoms with van der Waals surface area (Å²) in [5, 5.41) is 8.76. The summed E-state index contributed by atoms with van der Waals surface area (Å²) >= 11 is 0. The van der Waals surface area contributed by atoms with Gasteiger partial charge in [0.15, 0.2) is 0 Å². The number of fused-ring (bicyclic) bond motifs is 1. The second-order valence-electron chi connectivity index (χ2n) is 7.04. The van der Waals surface area contributed by atoms with Crippen molar-refractivity contribution in [3.05, 3.63) is 47.7 Å². The Morgan fingerprint density at radius 2 is 1.96 bits per heavy atom. The van der Waals surface area contributed by atoms with Crippen molar-refractivity contribution >= 4 is 5.91 Å². The van der Waals surface area contributed by atoms with Gasteiger partial charge in [-0.15, -0.1) is 0 Å². The van der Waals surface area contributed by atoms with Crippen LogP contribution >= 0.6 is 0 Å². The van der Waals surface area contributed by atoms with Crippen molar-refractivity contribution in [2.75, 3.05) is 26.8 Å². The molecule has 3 heterocycles. The molecule has 1 amide bonds. The number of amides is 1. The Bertz CT molecular complexity index is 642. The van der Waals surface area contributed by atoms with Gasteiger partial charge in [-0.05, 0) is 31.5 Å². The van der Waals surface area contributed by atoms with Gasteiger partial charge >= 0.3 is 0 Å². The number of carbonyl (C=O) groups excluding carboxylic acids is 1. The average molecular weight is 342 g/mol. The van der Waals surface area contributed by atoms with Crippen LogP contribution in [0.25, 0.3) is 0 Å². The maximum Gasteiger partial charge on any atom is 0.247 e. The molecular weight excluding hydrogens is 316 g/mol. The third-order valence-corrected chi connectivity index (χ3v) is 5.49. The van der Waals surface area contributed by atoms with Crippen LogP contribution in [0.3, 0.4) is 0 Å². The van der Waals surface area contributed by atoms with Crippen molar-refractivity contribution in [1.29, 1.82) is 0 Å². The Morgan fingerprint density at radius 3 is 2.68 bits per heavy atom. The first-order valence-electron chi connectivity index (χ1n) is 9.10. The highest BCUT2D eigenvalue weighted by atomic mass is 16.5. The number of rotatable bonds is 4. The molecule has 0 bridgehead atoms. The van der Waals surface area contributed by atoms with Crippen LogP contribution in [0, 0.1) is 5.92 Å². The number of hydrogen-bond acceptors (Lipinski definition) is 5. The topological polar surface area (TPSA) is 65.6 Å². The van der Waals surface area contributed by atoms with Gasteiger partial charge in [0.2, 0.25) is 5.91 Å². The van der Waals surface area contributed by atoms with Crippen molar-refractivity contribution in [3.8, 4) is 0 Å². The van der Waals surface area contributed by atoms with Crippen molar-refractivity contribution < 1.29 is 9.53 Å². The minimum Gasteiger partial charge on any atom is -0.383 e. The van der Waals surface area contributed by atoms with E-state index in [0.29, 0.717) is 12.5 Å². The zero-order chi connectivity index (χ0) is 17.2. The Kier molecular flexibility index (Phi) is 4.74. The van der Waals surface area contributed by atoms with E-state index in [2.05, 4.69) is 45.3 Å². The number of nitrogens with one attached hydrogen (secondary N) is 3. The lowest BCUT2D eigenvalue weighted by atomic mass is 9.88. The third-order valence-electron chi connectivity index (χ3n) is 5.49. The number of carbonyl (C=O) groups is 1. The van der Waals surface area contributed by atoms with Gasteiger partial charge in [0.05, 0.1) is 12.6 Å². The van der Waals surface area contributed by atoms with Crippen LogP contribution in [0.4, 0.5) is 0 Å². The summed E-state index contributed by atoms with van der Waals surface area (Å²) in [6.07, 6.45) is 3.82. The van der Waals surface area contributed by atoms with Crippen molar-refractivity contribution in [3.63, 3.8) is 0 Å². The molecule has 0 radical (unpaired) electrons.